The summed E-state index contributed by atoms with van der Waals surface area (Å²) in [5, 5.41) is 0. The summed E-state index contributed by atoms with van der Waals surface area (Å²) < 4.78 is 0. The van der Waals surface area contributed by atoms with Crippen LogP contribution in [0.1, 0.15) is 65.7 Å². The van der Waals surface area contributed by atoms with Crippen molar-refractivity contribution in [2.45, 2.75) is 65.7 Å². The minimum absolute atomic E-state index is 0.519. The normalized spacial score (nSPS) is 30.6. The summed E-state index contributed by atoms with van der Waals surface area (Å²) in [6, 6.07) is 0. The first-order valence-electron chi connectivity index (χ1n) is 8.91. The monoisotopic (exact) mass is 280 g/mol. The molecule has 2 aliphatic rings. The van der Waals surface area contributed by atoms with Gasteiger partial charge in [-0.2, -0.15) is 0 Å². The molecule has 2 rings (SSSR count). The van der Waals surface area contributed by atoms with E-state index in [-0.39, 0.29) is 0 Å². The molecule has 0 radical (unpaired) electrons. The standard InChI is InChI=1S/C18H36N2/c1-18(2,3)17-6-4-16(5-7-17)14-20-12-9-15(8-11-19)10-13-20/h15-17H,4-14,19H2,1-3H3. The van der Waals surface area contributed by atoms with Crippen molar-refractivity contribution in [3.05, 3.63) is 0 Å². The third-order valence-electron chi connectivity index (χ3n) is 5.87. The van der Waals surface area contributed by atoms with Gasteiger partial charge in [0.05, 0.1) is 0 Å². The lowest BCUT2D eigenvalue weighted by Gasteiger charge is -2.40. The first-order valence-corrected chi connectivity index (χ1v) is 8.91. The molecule has 1 aliphatic heterocycles. The lowest BCUT2D eigenvalue weighted by molar-refractivity contribution is 0.106. The average molecular weight is 280 g/mol. The van der Waals surface area contributed by atoms with Crippen LogP contribution in [-0.2, 0) is 0 Å². The quantitative estimate of drug-likeness (QED) is 0.846. The number of nitrogens with two attached hydrogens (primary N) is 1. The van der Waals surface area contributed by atoms with Crippen LogP contribution in [0, 0.1) is 23.2 Å². The molecule has 0 aromatic rings. The summed E-state index contributed by atoms with van der Waals surface area (Å²) in [4.78, 5) is 2.73. The maximum atomic E-state index is 5.68. The molecule has 118 valence electrons. The van der Waals surface area contributed by atoms with Crippen molar-refractivity contribution < 1.29 is 0 Å². The van der Waals surface area contributed by atoms with Crippen LogP contribution in [0.2, 0.25) is 0 Å². The topological polar surface area (TPSA) is 29.3 Å². The van der Waals surface area contributed by atoms with Crippen LogP contribution < -0.4 is 5.73 Å². The molecular weight excluding hydrogens is 244 g/mol. The van der Waals surface area contributed by atoms with Crippen molar-refractivity contribution in [2.24, 2.45) is 28.9 Å². The molecule has 2 fully saturated rings. The largest absolute Gasteiger partial charge is 0.330 e. The van der Waals surface area contributed by atoms with Crippen molar-refractivity contribution in [1.29, 1.82) is 0 Å². The fourth-order valence-corrected chi connectivity index (χ4v) is 4.27. The Kier molecular flexibility index (Phi) is 5.92. The van der Waals surface area contributed by atoms with Gasteiger partial charge in [0.25, 0.3) is 0 Å². The van der Waals surface area contributed by atoms with Gasteiger partial charge in [-0.05, 0) is 87.7 Å². The second-order valence-electron chi connectivity index (χ2n) is 8.41. The van der Waals surface area contributed by atoms with E-state index in [1.54, 1.807) is 0 Å². The highest BCUT2D eigenvalue weighted by Gasteiger charge is 2.30. The molecule has 1 saturated heterocycles. The van der Waals surface area contributed by atoms with Crippen molar-refractivity contribution in [3.63, 3.8) is 0 Å². The van der Waals surface area contributed by atoms with E-state index in [0.717, 1.165) is 24.3 Å². The van der Waals surface area contributed by atoms with Gasteiger partial charge in [0.2, 0.25) is 0 Å². The van der Waals surface area contributed by atoms with Crippen molar-refractivity contribution >= 4 is 0 Å². The molecule has 1 aliphatic carbocycles. The fourth-order valence-electron chi connectivity index (χ4n) is 4.27. The fraction of sp³-hybridized carbons (Fsp3) is 1.00. The van der Waals surface area contributed by atoms with Gasteiger partial charge in [0.15, 0.2) is 0 Å². The molecule has 2 N–H and O–H groups in total. The van der Waals surface area contributed by atoms with Crippen LogP contribution in [0.3, 0.4) is 0 Å². The van der Waals surface area contributed by atoms with Crippen LogP contribution in [0.5, 0.6) is 0 Å². The third kappa shape index (κ3) is 4.73. The Balaban J connectivity index is 1.66. The molecule has 0 atom stereocenters. The average Bonchev–Trinajstić information content (AvgIpc) is 2.41. The summed E-state index contributed by atoms with van der Waals surface area (Å²) in [5.41, 5.74) is 6.20. The summed E-state index contributed by atoms with van der Waals surface area (Å²) in [7, 11) is 0. The first kappa shape index (κ1) is 16.3. The highest BCUT2D eigenvalue weighted by Crippen LogP contribution is 2.40. The second-order valence-corrected chi connectivity index (χ2v) is 8.41. The molecule has 1 saturated carbocycles. The van der Waals surface area contributed by atoms with Crippen LogP contribution in [-0.4, -0.2) is 31.1 Å². The molecule has 0 spiro atoms. The molecule has 0 unspecified atom stereocenters. The number of likely N-dealkylation sites (tertiary alicyclic amines) is 1. The number of hydrogen-bond acceptors (Lipinski definition) is 2. The zero-order chi connectivity index (χ0) is 14.6. The highest BCUT2D eigenvalue weighted by molar-refractivity contribution is 4.83. The van der Waals surface area contributed by atoms with Crippen LogP contribution >= 0.6 is 0 Å². The molecule has 1 heterocycles. The second kappa shape index (κ2) is 7.26. The Morgan fingerprint density at radius 2 is 1.50 bits per heavy atom. The van der Waals surface area contributed by atoms with Gasteiger partial charge in [-0.1, -0.05) is 20.8 Å². The first-order chi connectivity index (χ1) is 9.49. The lowest BCUT2D eigenvalue weighted by atomic mass is 9.70. The van der Waals surface area contributed by atoms with Crippen molar-refractivity contribution in [1.82, 2.24) is 4.90 Å². The molecule has 0 aromatic heterocycles. The van der Waals surface area contributed by atoms with E-state index >= 15 is 0 Å². The SMILES string of the molecule is CC(C)(C)C1CCC(CN2CCC(CCN)CC2)CC1. The Bertz CT molecular complexity index is 266. The van der Waals surface area contributed by atoms with Crippen LogP contribution in [0.15, 0.2) is 0 Å². The summed E-state index contributed by atoms with van der Waals surface area (Å²) in [6.45, 7) is 12.1. The third-order valence-corrected chi connectivity index (χ3v) is 5.87. The molecule has 0 amide bonds. The highest BCUT2D eigenvalue weighted by atomic mass is 15.1. The summed E-state index contributed by atoms with van der Waals surface area (Å²) >= 11 is 0. The zero-order valence-corrected chi connectivity index (χ0v) is 14.0. The Morgan fingerprint density at radius 3 is 2.00 bits per heavy atom. The predicted octanol–water partition coefficient (Wildman–Crippen LogP) is 3.90. The number of rotatable bonds is 4. The minimum atomic E-state index is 0.519. The van der Waals surface area contributed by atoms with E-state index in [9.17, 15) is 0 Å². The molecule has 0 bridgehead atoms. The molecule has 20 heavy (non-hydrogen) atoms. The van der Waals surface area contributed by atoms with E-state index < -0.39 is 0 Å². The number of nitrogens with zero attached hydrogens (tertiary/aromatic N) is 1. The number of hydrogen-bond donors (Lipinski definition) is 1. The van der Waals surface area contributed by atoms with Gasteiger partial charge < -0.3 is 10.6 Å². The summed E-state index contributed by atoms with van der Waals surface area (Å²) in [6.07, 6.45) is 9.85. The smallest absolute Gasteiger partial charge is 0.000966 e. The van der Waals surface area contributed by atoms with E-state index in [1.807, 2.05) is 0 Å². The van der Waals surface area contributed by atoms with Crippen LogP contribution in [0.25, 0.3) is 0 Å². The molecular formula is C18H36N2. The van der Waals surface area contributed by atoms with E-state index in [2.05, 4.69) is 25.7 Å². The molecule has 2 nitrogen and oxygen atoms in total. The van der Waals surface area contributed by atoms with Crippen LogP contribution in [0.4, 0.5) is 0 Å². The lowest BCUT2D eigenvalue weighted by Crippen LogP contribution is -2.39. The predicted molar refractivity (Wildman–Crippen MR) is 87.7 cm³/mol. The Morgan fingerprint density at radius 1 is 0.900 bits per heavy atom. The summed E-state index contributed by atoms with van der Waals surface area (Å²) in [5.74, 6) is 2.83. The Hall–Kier alpha value is -0.0800. The van der Waals surface area contributed by atoms with Gasteiger partial charge in [-0.15, -0.1) is 0 Å². The van der Waals surface area contributed by atoms with Gasteiger partial charge in [0.1, 0.15) is 0 Å². The van der Waals surface area contributed by atoms with Crippen molar-refractivity contribution in [2.75, 3.05) is 26.2 Å². The Labute approximate surface area is 126 Å². The van der Waals surface area contributed by atoms with Gasteiger partial charge in [-0.3, -0.25) is 0 Å². The maximum absolute atomic E-state index is 5.68. The van der Waals surface area contributed by atoms with Gasteiger partial charge in [0, 0.05) is 6.54 Å². The van der Waals surface area contributed by atoms with E-state index in [1.165, 1.54) is 64.6 Å². The van der Waals surface area contributed by atoms with E-state index in [0.29, 0.717) is 5.41 Å². The van der Waals surface area contributed by atoms with Gasteiger partial charge in [-0.25, -0.2) is 0 Å². The zero-order valence-electron chi connectivity index (χ0n) is 14.0. The molecule has 0 aromatic carbocycles. The van der Waals surface area contributed by atoms with E-state index in [4.69, 9.17) is 5.73 Å². The maximum Gasteiger partial charge on any atom is 0.000966 e. The molecule has 2 heteroatoms. The van der Waals surface area contributed by atoms with Gasteiger partial charge >= 0.3 is 0 Å². The van der Waals surface area contributed by atoms with Crippen molar-refractivity contribution in [3.8, 4) is 0 Å². The minimum Gasteiger partial charge on any atom is -0.330 e. The number of piperidine rings is 1.